The lowest BCUT2D eigenvalue weighted by atomic mass is 10.2. The minimum absolute atomic E-state index is 0.116. The summed E-state index contributed by atoms with van der Waals surface area (Å²) in [5.74, 6) is 1.48. The second kappa shape index (κ2) is 9.72. The molecule has 1 saturated heterocycles. The lowest BCUT2D eigenvalue weighted by Crippen LogP contribution is -2.48. The summed E-state index contributed by atoms with van der Waals surface area (Å²) in [4.78, 5) is 30.4. The lowest BCUT2D eigenvalue weighted by Gasteiger charge is -2.35. The van der Waals surface area contributed by atoms with Crippen molar-refractivity contribution in [1.82, 2.24) is 9.88 Å². The molecule has 2 heterocycles. The van der Waals surface area contributed by atoms with E-state index in [4.69, 9.17) is 9.47 Å². The van der Waals surface area contributed by atoms with Crippen LogP contribution in [-0.4, -0.2) is 60.6 Å². The zero-order chi connectivity index (χ0) is 20.6. The molecule has 0 aliphatic carbocycles. The molecule has 0 saturated carbocycles. The van der Waals surface area contributed by atoms with Gasteiger partial charge in [-0.1, -0.05) is 0 Å². The summed E-state index contributed by atoms with van der Waals surface area (Å²) >= 11 is 0. The number of hydrogen-bond donors (Lipinski definition) is 0. The number of benzene rings is 1. The Hall–Kier alpha value is -3.36. The molecule has 1 aliphatic heterocycles. The molecule has 0 bridgehead atoms. The van der Waals surface area contributed by atoms with Crippen LogP contribution in [0.1, 0.15) is 12.8 Å². The number of rotatable bonds is 8. The molecule has 1 amide bonds. The number of hydrogen-bond acceptors (Lipinski definition) is 7. The Bertz CT molecular complexity index is 818. The summed E-state index contributed by atoms with van der Waals surface area (Å²) in [6.07, 6.45) is 2.60. The maximum atomic E-state index is 12.4. The number of amides is 1. The Morgan fingerprint density at radius 1 is 1.10 bits per heavy atom. The normalized spacial score (nSPS) is 13.8. The molecule has 0 N–H and O–H groups in total. The average molecular weight is 400 g/mol. The molecule has 1 fully saturated rings. The summed E-state index contributed by atoms with van der Waals surface area (Å²) in [6, 6.07) is 10.4. The Balaban J connectivity index is 1.37. The predicted octanol–water partition coefficient (Wildman–Crippen LogP) is 2.51. The molecule has 9 nitrogen and oxygen atoms in total. The second-order valence-corrected chi connectivity index (χ2v) is 6.63. The maximum absolute atomic E-state index is 12.4. The first-order valence-corrected chi connectivity index (χ1v) is 9.47. The van der Waals surface area contributed by atoms with Gasteiger partial charge in [0, 0.05) is 38.7 Å². The summed E-state index contributed by atoms with van der Waals surface area (Å²) in [6.45, 7) is 3.07. The van der Waals surface area contributed by atoms with Crippen LogP contribution in [0.5, 0.6) is 11.5 Å². The smallest absolute Gasteiger partial charge is 0.363 e. The van der Waals surface area contributed by atoms with Gasteiger partial charge in [0.15, 0.2) is 6.20 Å². The number of anilines is 1. The van der Waals surface area contributed by atoms with E-state index < -0.39 is 4.92 Å². The Kier molecular flexibility index (Phi) is 6.83. The van der Waals surface area contributed by atoms with Gasteiger partial charge in [0.1, 0.15) is 11.5 Å². The third-order valence-corrected chi connectivity index (χ3v) is 4.78. The third-order valence-electron chi connectivity index (χ3n) is 4.78. The SMILES string of the molecule is COc1ccc(OCCCC(=O)N2CCN(c3ccc([N+](=O)[O-])nc3)CC2)cc1. The molecule has 2 aromatic rings. The van der Waals surface area contributed by atoms with Gasteiger partial charge in [-0.3, -0.25) is 4.79 Å². The summed E-state index contributed by atoms with van der Waals surface area (Å²) in [7, 11) is 1.62. The Morgan fingerprint density at radius 3 is 2.38 bits per heavy atom. The van der Waals surface area contributed by atoms with Crippen LogP contribution in [0.2, 0.25) is 0 Å². The van der Waals surface area contributed by atoms with Crippen molar-refractivity contribution in [2.45, 2.75) is 12.8 Å². The average Bonchev–Trinajstić information content (AvgIpc) is 2.77. The standard InChI is InChI=1S/C20H24N4O5/c1-28-17-5-7-18(8-6-17)29-14-2-3-20(25)23-12-10-22(11-13-23)16-4-9-19(21-15-16)24(26)27/h4-9,15H,2-3,10-14H2,1H3. The third kappa shape index (κ3) is 5.56. The van der Waals surface area contributed by atoms with E-state index in [0.717, 1.165) is 17.2 Å². The van der Waals surface area contributed by atoms with Crippen LogP contribution >= 0.6 is 0 Å². The first kappa shape index (κ1) is 20.4. The van der Waals surface area contributed by atoms with Gasteiger partial charge in [-0.2, -0.15) is 0 Å². The van der Waals surface area contributed by atoms with Crippen LogP contribution in [0.4, 0.5) is 11.5 Å². The number of carbonyl (C=O) groups excluding carboxylic acids is 1. The van der Waals surface area contributed by atoms with E-state index in [1.807, 2.05) is 29.2 Å². The van der Waals surface area contributed by atoms with E-state index in [-0.39, 0.29) is 11.7 Å². The molecule has 29 heavy (non-hydrogen) atoms. The fourth-order valence-corrected chi connectivity index (χ4v) is 3.13. The number of carbonyl (C=O) groups is 1. The van der Waals surface area contributed by atoms with E-state index in [1.54, 1.807) is 13.2 Å². The van der Waals surface area contributed by atoms with Gasteiger partial charge < -0.3 is 29.4 Å². The number of methoxy groups -OCH3 is 1. The summed E-state index contributed by atoms with van der Waals surface area (Å²) in [5, 5.41) is 10.7. The maximum Gasteiger partial charge on any atom is 0.363 e. The largest absolute Gasteiger partial charge is 0.497 e. The van der Waals surface area contributed by atoms with Crippen LogP contribution in [-0.2, 0) is 4.79 Å². The highest BCUT2D eigenvalue weighted by atomic mass is 16.6. The van der Waals surface area contributed by atoms with Crippen LogP contribution < -0.4 is 14.4 Å². The first-order valence-electron chi connectivity index (χ1n) is 9.47. The van der Waals surface area contributed by atoms with Gasteiger partial charge in [-0.05, 0) is 46.7 Å². The van der Waals surface area contributed by atoms with Gasteiger partial charge in [0.25, 0.3) is 0 Å². The molecule has 0 atom stereocenters. The van der Waals surface area contributed by atoms with Crippen molar-refractivity contribution >= 4 is 17.4 Å². The number of aromatic nitrogens is 1. The molecule has 1 aromatic carbocycles. The monoisotopic (exact) mass is 400 g/mol. The van der Waals surface area contributed by atoms with Crippen LogP contribution in [0.15, 0.2) is 42.6 Å². The number of pyridine rings is 1. The topological polar surface area (TPSA) is 98.0 Å². The van der Waals surface area contributed by atoms with E-state index in [0.29, 0.717) is 45.6 Å². The molecule has 1 aliphatic rings. The molecule has 9 heteroatoms. The molecule has 154 valence electrons. The zero-order valence-electron chi connectivity index (χ0n) is 16.3. The van der Waals surface area contributed by atoms with Gasteiger partial charge >= 0.3 is 5.82 Å². The molecular formula is C20H24N4O5. The van der Waals surface area contributed by atoms with Crippen molar-refractivity contribution in [3.05, 3.63) is 52.7 Å². The second-order valence-electron chi connectivity index (χ2n) is 6.63. The molecule has 0 radical (unpaired) electrons. The number of ether oxygens (including phenoxy) is 2. The fraction of sp³-hybridized carbons (Fsp3) is 0.400. The van der Waals surface area contributed by atoms with Gasteiger partial charge in [-0.25, -0.2) is 0 Å². The van der Waals surface area contributed by atoms with Crippen molar-refractivity contribution in [3.8, 4) is 11.5 Å². The minimum atomic E-state index is -0.515. The summed E-state index contributed by atoms with van der Waals surface area (Å²) < 4.78 is 10.8. The Labute approximate surface area is 169 Å². The van der Waals surface area contributed by atoms with E-state index in [2.05, 4.69) is 9.88 Å². The molecule has 1 aromatic heterocycles. The van der Waals surface area contributed by atoms with Crippen molar-refractivity contribution in [2.75, 3.05) is 44.8 Å². The fourth-order valence-electron chi connectivity index (χ4n) is 3.13. The van der Waals surface area contributed by atoms with Gasteiger partial charge in [0.2, 0.25) is 5.91 Å². The van der Waals surface area contributed by atoms with Crippen molar-refractivity contribution in [2.24, 2.45) is 0 Å². The van der Waals surface area contributed by atoms with Gasteiger partial charge in [0.05, 0.1) is 19.4 Å². The molecule has 0 unspecified atom stereocenters. The van der Waals surface area contributed by atoms with E-state index >= 15 is 0 Å². The number of nitrogens with zero attached hydrogens (tertiary/aromatic N) is 4. The van der Waals surface area contributed by atoms with Crippen molar-refractivity contribution in [3.63, 3.8) is 0 Å². The molecule has 0 spiro atoms. The van der Waals surface area contributed by atoms with E-state index in [9.17, 15) is 14.9 Å². The van der Waals surface area contributed by atoms with E-state index in [1.165, 1.54) is 12.3 Å². The van der Waals surface area contributed by atoms with Gasteiger partial charge in [-0.15, -0.1) is 0 Å². The predicted molar refractivity (Wildman–Crippen MR) is 107 cm³/mol. The highest BCUT2D eigenvalue weighted by Crippen LogP contribution is 2.19. The quantitative estimate of drug-likeness (QED) is 0.381. The zero-order valence-corrected chi connectivity index (χ0v) is 16.3. The number of piperazine rings is 1. The minimum Gasteiger partial charge on any atom is -0.497 e. The highest BCUT2D eigenvalue weighted by Gasteiger charge is 2.22. The molecule has 3 rings (SSSR count). The van der Waals surface area contributed by atoms with Crippen molar-refractivity contribution in [1.29, 1.82) is 0 Å². The highest BCUT2D eigenvalue weighted by molar-refractivity contribution is 5.76. The first-order chi connectivity index (χ1) is 14.1. The molecular weight excluding hydrogens is 376 g/mol. The lowest BCUT2D eigenvalue weighted by molar-refractivity contribution is -0.389. The van der Waals surface area contributed by atoms with Crippen LogP contribution in [0.3, 0.4) is 0 Å². The van der Waals surface area contributed by atoms with Crippen LogP contribution in [0.25, 0.3) is 0 Å². The van der Waals surface area contributed by atoms with Crippen molar-refractivity contribution < 1.29 is 19.2 Å². The number of nitro groups is 1. The van der Waals surface area contributed by atoms with Crippen LogP contribution in [0, 0.1) is 10.1 Å². The summed E-state index contributed by atoms with van der Waals surface area (Å²) in [5.41, 5.74) is 0.829. The Morgan fingerprint density at radius 2 is 1.79 bits per heavy atom.